The van der Waals surface area contributed by atoms with E-state index in [1.54, 1.807) is 0 Å². The van der Waals surface area contributed by atoms with Gasteiger partial charge < -0.3 is 23.7 Å². The third-order valence-electron chi connectivity index (χ3n) is 4.19. The van der Waals surface area contributed by atoms with Crippen molar-refractivity contribution in [2.45, 2.75) is 50.0 Å². The van der Waals surface area contributed by atoms with Crippen molar-refractivity contribution < 1.29 is 33.3 Å². The highest BCUT2D eigenvalue weighted by molar-refractivity contribution is 8.14. The zero-order valence-electron chi connectivity index (χ0n) is 14.8. The molecular weight excluding hydrogens is 360 g/mol. The first-order valence-corrected chi connectivity index (χ1v) is 9.22. The first kappa shape index (κ1) is 19.3. The maximum absolute atomic E-state index is 11.7. The predicted octanol–water partition coefficient (Wildman–Crippen LogP) is 2.05. The fourth-order valence-corrected chi connectivity index (χ4v) is 4.17. The van der Waals surface area contributed by atoms with Gasteiger partial charge in [-0.15, -0.1) is 0 Å². The van der Waals surface area contributed by atoms with Gasteiger partial charge in [-0.25, -0.2) is 0 Å². The van der Waals surface area contributed by atoms with Crippen LogP contribution in [0.15, 0.2) is 30.3 Å². The summed E-state index contributed by atoms with van der Waals surface area (Å²) in [5.74, 6) is -0.453. The van der Waals surface area contributed by atoms with Gasteiger partial charge in [0, 0.05) is 26.5 Å². The summed E-state index contributed by atoms with van der Waals surface area (Å²) in [5.41, 5.74) is 0.858. The van der Waals surface area contributed by atoms with Crippen LogP contribution in [0.2, 0.25) is 0 Å². The second-order valence-corrected chi connectivity index (χ2v) is 7.46. The lowest BCUT2D eigenvalue weighted by molar-refractivity contribution is -0.332. The van der Waals surface area contributed by atoms with Crippen molar-refractivity contribution in [1.29, 1.82) is 0 Å². The van der Waals surface area contributed by atoms with Crippen molar-refractivity contribution in [2.24, 2.45) is 0 Å². The molecule has 1 aromatic carbocycles. The molecule has 0 aromatic heterocycles. The van der Waals surface area contributed by atoms with Crippen molar-refractivity contribution in [1.82, 2.24) is 0 Å². The SMILES string of the molecule is CO[C@H]1O[C@@H]2COC(c3ccccc3)O[C@H]2[C@H](OC(C)=O)[C@@H]1SC(C)=O. The maximum atomic E-state index is 11.7. The zero-order valence-corrected chi connectivity index (χ0v) is 15.6. The van der Waals surface area contributed by atoms with E-state index in [1.807, 2.05) is 30.3 Å². The van der Waals surface area contributed by atoms with E-state index in [1.165, 1.54) is 21.0 Å². The largest absolute Gasteiger partial charge is 0.458 e. The second-order valence-electron chi connectivity index (χ2n) is 6.10. The number of methoxy groups -OCH3 is 1. The van der Waals surface area contributed by atoms with Gasteiger partial charge in [0.1, 0.15) is 23.6 Å². The van der Waals surface area contributed by atoms with Gasteiger partial charge in [0.2, 0.25) is 0 Å². The van der Waals surface area contributed by atoms with Crippen LogP contribution < -0.4 is 0 Å². The molecule has 6 atom stereocenters. The molecule has 0 aliphatic carbocycles. The molecule has 0 amide bonds. The van der Waals surface area contributed by atoms with Crippen LogP contribution in [0.1, 0.15) is 25.7 Å². The van der Waals surface area contributed by atoms with Crippen molar-refractivity contribution in [3.63, 3.8) is 0 Å². The lowest BCUT2D eigenvalue weighted by atomic mass is 9.99. The standard InChI is InChI=1S/C18H22O7S/c1-10(19)23-15-14-13(24-18(21-3)16(15)26-11(2)20)9-22-17(25-14)12-7-5-4-6-8-12/h4-8,13-18H,9H2,1-3H3/t13-,14-,15+,16+,17?,18+/m1/s1. The Labute approximate surface area is 156 Å². The number of rotatable bonds is 4. The summed E-state index contributed by atoms with van der Waals surface area (Å²) >= 11 is 1.02. The second kappa shape index (κ2) is 8.49. The highest BCUT2D eigenvalue weighted by Gasteiger charge is 2.52. The number of fused-ring (bicyclic) bond motifs is 1. The van der Waals surface area contributed by atoms with Gasteiger partial charge in [-0.05, 0) is 0 Å². The average molecular weight is 382 g/mol. The molecule has 2 heterocycles. The first-order chi connectivity index (χ1) is 12.5. The number of benzene rings is 1. The topological polar surface area (TPSA) is 80.3 Å². The van der Waals surface area contributed by atoms with Gasteiger partial charge in [-0.3, -0.25) is 9.59 Å². The van der Waals surface area contributed by atoms with Gasteiger partial charge >= 0.3 is 5.97 Å². The molecule has 0 bridgehead atoms. The Morgan fingerprint density at radius 2 is 1.88 bits per heavy atom. The molecule has 2 fully saturated rings. The summed E-state index contributed by atoms with van der Waals surface area (Å²) in [6.45, 7) is 3.04. The van der Waals surface area contributed by atoms with Crippen LogP contribution in [0.25, 0.3) is 0 Å². The molecule has 142 valence electrons. The molecular formula is C18H22O7S. The molecule has 1 aromatic rings. The number of ether oxygens (including phenoxy) is 5. The minimum absolute atomic E-state index is 0.122. The number of esters is 1. The molecule has 2 saturated heterocycles. The summed E-state index contributed by atoms with van der Waals surface area (Å²) < 4.78 is 28.7. The highest BCUT2D eigenvalue weighted by Crippen LogP contribution is 2.39. The third kappa shape index (κ3) is 4.27. The third-order valence-corrected chi connectivity index (χ3v) is 5.29. The van der Waals surface area contributed by atoms with Crippen molar-refractivity contribution in [3.05, 3.63) is 35.9 Å². The Hall–Kier alpha value is -1.45. The molecule has 0 N–H and O–H groups in total. The van der Waals surface area contributed by atoms with Gasteiger partial charge in [0.25, 0.3) is 0 Å². The molecule has 8 heteroatoms. The molecule has 3 rings (SSSR count). The quantitative estimate of drug-likeness (QED) is 0.732. The van der Waals surface area contributed by atoms with E-state index in [2.05, 4.69) is 0 Å². The fourth-order valence-electron chi connectivity index (χ4n) is 3.16. The predicted molar refractivity (Wildman–Crippen MR) is 93.3 cm³/mol. The zero-order chi connectivity index (χ0) is 18.7. The van der Waals surface area contributed by atoms with Gasteiger partial charge in [0.15, 0.2) is 17.7 Å². The van der Waals surface area contributed by atoms with Crippen LogP contribution in [-0.2, 0) is 33.3 Å². The Bertz CT molecular complexity index is 638. The Morgan fingerprint density at radius 1 is 1.15 bits per heavy atom. The smallest absolute Gasteiger partial charge is 0.303 e. The molecule has 2 aliphatic heterocycles. The van der Waals surface area contributed by atoms with Gasteiger partial charge in [0.05, 0.1) is 6.61 Å². The van der Waals surface area contributed by atoms with Crippen LogP contribution in [0.3, 0.4) is 0 Å². The van der Waals surface area contributed by atoms with Crippen LogP contribution in [0, 0.1) is 0 Å². The van der Waals surface area contributed by atoms with E-state index < -0.39 is 42.1 Å². The van der Waals surface area contributed by atoms with Gasteiger partial charge in [-0.1, -0.05) is 42.1 Å². The molecule has 0 saturated carbocycles. The van der Waals surface area contributed by atoms with Crippen LogP contribution >= 0.6 is 11.8 Å². The number of thioether (sulfide) groups is 1. The molecule has 0 radical (unpaired) electrons. The van der Waals surface area contributed by atoms with Crippen molar-refractivity contribution in [2.75, 3.05) is 13.7 Å². The normalized spacial score (nSPS) is 34.0. The summed E-state index contributed by atoms with van der Waals surface area (Å²) in [5, 5.41) is -0.653. The number of hydrogen-bond donors (Lipinski definition) is 0. The number of carbonyl (C=O) groups excluding carboxylic acids is 2. The van der Waals surface area contributed by atoms with E-state index >= 15 is 0 Å². The summed E-state index contributed by atoms with van der Waals surface area (Å²) in [7, 11) is 1.49. The maximum Gasteiger partial charge on any atom is 0.303 e. The van der Waals surface area contributed by atoms with E-state index in [9.17, 15) is 9.59 Å². The Balaban J connectivity index is 1.86. The average Bonchev–Trinajstić information content (AvgIpc) is 2.63. The summed E-state index contributed by atoms with van der Waals surface area (Å²) in [4.78, 5) is 23.4. The van der Waals surface area contributed by atoms with E-state index in [0.717, 1.165) is 17.3 Å². The van der Waals surface area contributed by atoms with E-state index in [4.69, 9.17) is 23.7 Å². The summed E-state index contributed by atoms with van der Waals surface area (Å²) in [6, 6.07) is 9.49. The monoisotopic (exact) mass is 382 g/mol. The summed E-state index contributed by atoms with van der Waals surface area (Å²) in [6.07, 6.45) is -3.04. The molecule has 2 aliphatic rings. The Kier molecular flexibility index (Phi) is 6.31. The molecule has 7 nitrogen and oxygen atoms in total. The fraction of sp³-hybridized carbons (Fsp3) is 0.556. The first-order valence-electron chi connectivity index (χ1n) is 8.34. The molecule has 0 spiro atoms. The molecule has 1 unspecified atom stereocenters. The minimum Gasteiger partial charge on any atom is -0.458 e. The van der Waals surface area contributed by atoms with E-state index in [-0.39, 0.29) is 11.7 Å². The number of carbonyl (C=O) groups is 2. The van der Waals surface area contributed by atoms with Crippen molar-refractivity contribution in [3.8, 4) is 0 Å². The lowest BCUT2D eigenvalue weighted by Gasteiger charge is -2.48. The van der Waals surface area contributed by atoms with Crippen LogP contribution in [-0.4, -0.2) is 54.7 Å². The van der Waals surface area contributed by atoms with Crippen molar-refractivity contribution >= 4 is 22.8 Å². The lowest BCUT2D eigenvalue weighted by Crippen LogP contribution is -2.62. The minimum atomic E-state index is -0.713. The molecule has 26 heavy (non-hydrogen) atoms. The van der Waals surface area contributed by atoms with E-state index in [0.29, 0.717) is 0 Å². The van der Waals surface area contributed by atoms with Gasteiger partial charge in [-0.2, -0.15) is 0 Å². The van der Waals surface area contributed by atoms with Crippen LogP contribution in [0.5, 0.6) is 0 Å². The Morgan fingerprint density at radius 3 is 2.50 bits per heavy atom. The number of hydrogen-bond acceptors (Lipinski definition) is 8. The highest BCUT2D eigenvalue weighted by atomic mass is 32.2. The van der Waals surface area contributed by atoms with Crippen LogP contribution in [0.4, 0.5) is 0 Å².